The Labute approximate surface area is 126 Å². The molecule has 21 heavy (non-hydrogen) atoms. The van der Waals surface area contributed by atoms with E-state index in [2.05, 4.69) is 16.8 Å². The van der Waals surface area contributed by atoms with Crippen LogP contribution in [-0.2, 0) is 11.2 Å². The van der Waals surface area contributed by atoms with E-state index in [0.29, 0.717) is 18.5 Å². The van der Waals surface area contributed by atoms with Crippen LogP contribution in [0.1, 0.15) is 44.0 Å². The first-order valence-electron chi connectivity index (χ1n) is 7.95. The summed E-state index contributed by atoms with van der Waals surface area (Å²) in [6.45, 7) is 4.93. The Bertz CT molecular complexity index is 545. The van der Waals surface area contributed by atoms with Gasteiger partial charge in [-0.3, -0.25) is 4.79 Å². The smallest absolute Gasteiger partial charge is 0.224 e. The maximum absolute atomic E-state index is 12.1. The summed E-state index contributed by atoms with van der Waals surface area (Å²) in [5.74, 6) is 2.14. The molecular formula is C16H24N4O. The van der Waals surface area contributed by atoms with E-state index in [-0.39, 0.29) is 5.91 Å². The molecule has 2 saturated heterocycles. The highest BCUT2D eigenvalue weighted by atomic mass is 16.2. The average molecular weight is 288 g/mol. The van der Waals surface area contributed by atoms with Gasteiger partial charge in [-0.05, 0) is 26.2 Å². The highest BCUT2D eigenvalue weighted by molar-refractivity contribution is 5.78. The fraction of sp³-hybridized carbons (Fsp3) is 0.688. The normalized spacial score (nSPS) is 25.4. The van der Waals surface area contributed by atoms with E-state index in [1.807, 2.05) is 25.1 Å². The standard InChI is InChI=1S/C16H24N4O/c1-4-5-12-9-17-11(2)18-16(12)20-13-6-7-14(20)10-19(3)15(21)8-13/h9,13-14H,4-8,10H2,1-3H3/t13-,14+/m1/s1. The van der Waals surface area contributed by atoms with Gasteiger partial charge in [-0.1, -0.05) is 13.3 Å². The van der Waals surface area contributed by atoms with Crippen LogP contribution in [0.15, 0.2) is 6.20 Å². The number of fused-ring (bicyclic) bond motifs is 2. The summed E-state index contributed by atoms with van der Waals surface area (Å²) in [6.07, 6.45) is 6.91. The van der Waals surface area contributed by atoms with Crippen LogP contribution in [0, 0.1) is 6.92 Å². The van der Waals surface area contributed by atoms with E-state index in [1.54, 1.807) is 0 Å². The zero-order chi connectivity index (χ0) is 15.0. The van der Waals surface area contributed by atoms with Gasteiger partial charge in [0, 0.05) is 43.9 Å². The number of hydrogen-bond donors (Lipinski definition) is 0. The number of amides is 1. The van der Waals surface area contributed by atoms with Crippen LogP contribution in [0.3, 0.4) is 0 Å². The molecule has 0 unspecified atom stereocenters. The van der Waals surface area contributed by atoms with Crippen LogP contribution < -0.4 is 4.90 Å². The van der Waals surface area contributed by atoms with Gasteiger partial charge in [0.1, 0.15) is 11.6 Å². The number of rotatable bonds is 3. The Morgan fingerprint density at radius 2 is 2.10 bits per heavy atom. The molecule has 2 bridgehead atoms. The van der Waals surface area contributed by atoms with E-state index in [1.165, 1.54) is 5.56 Å². The number of hydrogen-bond acceptors (Lipinski definition) is 4. The summed E-state index contributed by atoms with van der Waals surface area (Å²) in [7, 11) is 1.92. The van der Waals surface area contributed by atoms with Gasteiger partial charge in [-0.2, -0.15) is 0 Å². The van der Waals surface area contributed by atoms with E-state index in [4.69, 9.17) is 4.98 Å². The number of likely N-dealkylation sites (N-methyl/N-ethyl adjacent to an activating group) is 1. The number of nitrogens with zero attached hydrogens (tertiary/aromatic N) is 4. The Morgan fingerprint density at radius 1 is 1.33 bits per heavy atom. The molecule has 2 aliphatic rings. The van der Waals surface area contributed by atoms with Gasteiger partial charge in [0.25, 0.3) is 0 Å². The summed E-state index contributed by atoms with van der Waals surface area (Å²) in [4.78, 5) is 25.5. The van der Waals surface area contributed by atoms with Gasteiger partial charge in [-0.25, -0.2) is 9.97 Å². The molecule has 0 N–H and O–H groups in total. The maximum Gasteiger partial charge on any atom is 0.224 e. The molecule has 0 spiro atoms. The molecule has 2 aliphatic heterocycles. The third kappa shape index (κ3) is 2.61. The second-order valence-corrected chi connectivity index (χ2v) is 6.29. The quantitative estimate of drug-likeness (QED) is 0.853. The van der Waals surface area contributed by atoms with Crippen molar-refractivity contribution in [1.29, 1.82) is 0 Å². The zero-order valence-corrected chi connectivity index (χ0v) is 13.2. The van der Waals surface area contributed by atoms with Crippen LogP contribution in [-0.4, -0.2) is 46.5 Å². The van der Waals surface area contributed by atoms with E-state index in [9.17, 15) is 4.79 Å². The summed E-state index contributed by atoms with van der Waals surface area (Å²) in [5.41, 5.74) is 1.22. The van der Waals surface area contributed by atoms with E-state index >= 15 is 0 Å². The van der Waals surface area contributed by atoms with Crippen LogP contribution in [0.5, 0.6) is 0 Å². The van der Waals surface area contributed by atoms with Gasteiger partial charge in [0.05, 0.1) is 0 Å². The van der Waals surface area contributed by atoms with Crippen molar-refractivity contribution in [3.8, 4) is 0 Å². The minimum atomic E-state index is 0.259. The number of carbonyl (C=O) groups is 1. The topological polar surface area (TPSA) is 49.3 Å². The van der Waals surface area contributed by atoms with Crippen molar-refractivity contribution in [2.24, 2.45) is 0 Å². The van der Waals surface area contributed by atoms with Crippen LogP contribution in [0.2, 0.25) is 0 Å². The maximum atomic E-state index is 12.1. The highest BCUT2D eigenvalue weighted by Crippen LogP contribution is 2.35. The molecule has 1 amide bonds. The summed E-state index contributed by atoms with van der Waals surface area (Å²) in [6, 6.07) is 0.703. The molecule has 0 radical (unpaired) electrons. The first-order valence-corrected chi connectivity index (χ1v) is 7.95. The predicted molar refractivity (Wildman–Crippen MR) is 82.3 cm³/mol. The van der Waals surface area contributed by atoms with Crippen molar-refractivity contribution < 1.29 is 4.79 Å². The molecule has 5 heteroatoms. The van der Waals surface area contributed by atoms with Crippen molar-refractivity contribution in [2.75, 3.05) is 18.5 Å². The molecule has 114 valence electrons. The van der Waals surface area contributed by atoms with Crippen molar-refractivity contribution >= 4 is 11.7 Å². The monoisotopic (exact) mass is 288 g/mol. The minimum Gasteiger partial charge on any atom is -0.348 e. The number of anilines is 1. The lowest BCUT2D eigenvalue weighted by molar-refractivity contribution is -0.129. The fourth-order valence-electron chi connectivity index (χ4n) is 3.61. The van der Waals surface area contributed by atoms with Gasteiger partial charge < -0.3 is 9.80 Å². The molecule has 0 aromatic carbocycles. The second-order valence-electron chi connectivity index (χ2n) is 6.29. The first kappa shape index (κ1) is 14.3. The van der Waals surface area contributed by atoms with E-state index in [0.717, 1.165) is 43.9 Å². The molecular weight excluding hydrogens is 264 g/mol. The molecule has 5 nitrogen and oxygen atoms in total. The first-order chi connectivity index (χ1) is 10.1. The van der Waals surface area contributed by atoms with Crippen molar-refractivity contribution in [2.45, 2.75) is 58.0 Å². The average Bonchev–Trinajstić information content (AvgIpc) is 2.77. The minimum absolute atomic E-state index is 0.259. The summed E-state index contributed by atoms with van der Waals surface area (Å²) < 4.78 is 0. The molecule has 1 aromatic rings. The van der Waals surface area contributed by atoms with Crippen molar-refractivity contribution in [3.05, 3.63) is 17.6 Å². The van der Waals surface area contributed by atoms with Crippen LogP contribution in [0.4, 0.5) is 5.82 Å². The van der Waals surface area contributed by atoms with Gasteiger partial charge in [0.15, 0.2) is 0 Å². The van der Waals surface area contributed by atoms with Crippen molar-refractivity contribution in [3.63, 3.8) is 0 Å². The molecule has 3 rings (SSSR count). The molecule has 2 fully saturated rings. The van der Waals surface area contributed by atoms with Gasteiger partial charge in [0.2, 0.25) is 5.91 Å². The summed E-state index contributed by atoms with van der Waals surface area (Å²) in [5, 5.41) is 0. The Balaban J connectivity index is 1.99. The number of carbonyl (C=O) groups excluding carboxylic acids is 1. The molecule has 0 aliphatic carbocycles. The lowest BCUT2D eigenvalue weighted by Gasteiger charge is -2.31. The number of likely N-dealkylation sites (tertiary alicyclic amines) is 1. The Hall–Kier alpha value is -1.65. The lowest BCUT2D eigenvalue weighted by Crippen LogP contribution is -2.39. The SMILES string of the molecule is CCCc1cnc(C)nc1N1[C@@H]2CC[C@H]1CN(C)C(=O)C2. The largest absolute Gasteiger partial charge is 0.348 e. The molecule has 0 saturated carbocycles. The zero-order valence-electron chi connectivity index (χ0n) is 13.2. The summed E-state index contributed by atoms with van der Waals surface area (Å²) >= 11 is 0. The highest BCUT2D eigenvalue weighted by Gasteiger charge is 2.40. The van der Waals surface area contributed by atoms with Crippen molar-refractivity contribution in [1.82, 2.24) is 14.9 Å². The van der Waals surface area contributed by atoms with Crippen LogP contribution >= 0.6 is 0 Å². The fourth-order valence-corrected chi connectivity index (χ4v) is 3.61. The van der Waals surface area contributed by atoms with Gasteiger partial charge in [-0.15, -0.1) is 0 Å². The molecule has 3 heterocycles. The molecule has 2 atom stereocenters. The number of aromatic nitrogens is 2. The van der Waals surface area contributed by atoms with Crippen LogP contribution in [0.25, 0.3) is 0 Å². The predicted octanol–water partition coefficient (Wildman–Crippen LogP) is 1.94. The third-order valence-electron chi connectivity index (χ3n) is 4.67. The third-order valence-corrected chi connectivity index (χ3v) is 4.67. The van der Waals surface area contributed by atoms with Gasteiger partial charge >= 0.3 is 0 Å². The Kier molecular flexibility index (Phi) is 3.83. The lowest BCUT2D eigenvalue weighted by atomic mass is 10.1. The second kappa shape index (κ2) is 5.62. The van der Waals surface area contributed by atoms with E-state index < -0.39 is 0 Å². The molecule has 1 aromatic heterocycles. The Morgan fingerprint density at radius 3 is 2.86 bits per heavy atom. The number of aryl methyl sites for hydroxylation is 2.